The lowest BCUT2D eigenvalue weighted by Crippen LogP contribution is -2.39. The van der Waals surface area contributed by atoms with E-state index in [1.807, 2.05) is 11.4 Å². The van der Waals surface area contributed by atoms with Gasteiger partial charge in [0.25, 0.3) is 5.91 Å². The number of nitrogens with one attached hydrogen (secondary N) is 1. The molecule has 0 aliphatic rings. The fraction of sp³-hybridized carbons (Fsp3) is 0.545. The zero-order valence-electron chi connectivity index (χ0n) is 9.33. The van der Waals surface area contributed by atoms with Gasteiger partial charge in [-0.25, -0.2) is 0 Å². The summed E-state index contributed by atoms with van der Waals surface area (Å²) < 4.78 is 0.848. The van der Waals surface area contributed by atoms with E-state index in [0.717, 1.165) is 28.6 Å². The molecule has 0 saturated heterocycles. The highest BCUT2D eigenvalue weighted by atomic mass is 79.9. The van der Waals surface area contributed by atoms with E-state index in [9.17, 15) is 4.79 Å². The third kappa shape index (κ3) is 3.88. The number of thiophene rings is 1. The number of halogens is 1. The SMILES string of the molecule is CCCCC(CN)NC(=O)c1sccc1Br. The second-order valence-electron chi connectivity index (χ2n) is 3.65. The predicted molar refractivity (Wildman–Crippen MR) is 71.9 cm³/mol. The number of unbranched alkanes of at least 4 members (excludes halogenated alkanes) is 1. The van der Waals surface area contributed by atoms with Crippen molar-refractivity contribution in [3.63, 3.8) is 0 Å². The summed E-state index contributed by atoms with van der Waals surface area (Å²) in [5.74, 6) is -0.0339. The lowest BCUT2D eigenvalue weighted by molar-refractivity contribution is 0.0939. The van der Waals surface area contributed by atoms with Crippen LogP contribution in [0.1, 0.15) is 35.9 Å². The van der Waals surface area contributed by atoms with E-state index in [4.69, 9.17) is 5.73 Å². The monoisotopic (exact) mass is 304 g/mol. The molecular formula is C11H17BrN2OS. The van der Waals surface area contributed by atoms with Gasteiger partial charge < -0.3 is 11.1 Å². The van der Waals surface area contributed by atoms with Gasteiger partial charge in [-0.1, -0.05) is 19.8 Å². The molecule has 3 N–H and O–H groups in total. The minimum absolute atomic E-state index is 0.0339. The number of hydrogen-bond donors (Lipinski definition) is 2. The molecule has 16 heavy (non-hydrogen) atoms. The average Bonchev–Trinajstić information content (AvgIpc) is 2.70. The van der Waals surface area contributed by atoms with Crippen molar-refractivity contribution in [3.8, 4) is 0 Å². The molecule has 1 atom stereocenters. The van der Waals surface area contributed by atoms with Gasteiger partial charge >= 0.3 is 0 Å². The fourth-order valence-electron chi connectivity index (χ4n) is 1.41. The summed E-state index contributed by atoms with van der Waals surface area (Å²) in [7, 11) is 0. The van der Waals surface area contributed by atoms with Crippen LogP contribution in [0.5, 0.6) is 0 Å². The first kappa shape index (κ1) is 13.7. The van der Waals surface area contributed by atoms with Crippen LogP contribution in [0.25, 0.3) is 0 Å². The van der Waals surface area contributed by atoms with E-state index >= 15 is 0 Å². The number of carbonyl (C=O) groups is 1. The Balaban J connectivity index is 2.52. The molecule has 0 aliphatic heterocycles. The van der Waals surface area contributed by atoms with Gasteiger partial charge in [-0.3, -0.25) is 4.79 Å². The molecule has 5 heteroatoms. The normalized spacial score (nSPS) is 12.4. The van der Waals surface area contributed by atoms with Crippen molar-refractivity contribution in [2.24, 2.45) is 5.73 Å². The first-order valence-electron chi connectivity index (χ1n) is 5.43. The molecule has 0 fully saturated rings. The smallest absolute Gasteiger partial charge is 0.262 e. The highest BCUT2D eigenvalue weighted by Gasteiger charge is 2.15. The second-order valence-corrected chi connectivity index (χ2v) is 5.42. The Hall–Kier alpha value is -0.390. The number of carbonyl (C=O) groups excluding carboxylic acids is 1. The summed E-state index contributed by atoms with van der Waals surface area (Å²) in [5.41, 5.74) is 5.63. The van der Waals surface area contributed by atoms with Crippen LogP contribution in [-0.4, -0.2) is 18.5 Å². The van der Waals surface area contributed by atoms with Crippen molar-refractivity contribution < 1.29 is 4.79 Å². The number of rotatable bonds is 6. The maximum Gasteiger partial charge on any atom is 0.262 e. The molecule has 1 aromatic heterocycles. The molecular weight excluding hydrogens is 288 g/mol. The van der Waals surface area contributed by atoms with Gasteiger partial charge in [0, 0.05) is 17.1 Å². The van der Waals surface area contributed by atoms with Crippen LogP contribution in [0.2, 0.25) is 0 Å². The molecule has 0 spiro atoms. The van der Waals surface area contributed by atoms with Gasteiger partial charge in [0.05, 0.1) is 0 Å². The Labute approximate surface area is 109 Å². The Morgan fingerprint density at radius 3 is 2.94 bits per heavy atom. The lowest BCUT2D eigenvalue weighted by Gasteiger charge is -2.15. The Morgan fingerprint density at radius 2 is 2.44 bits per heavy atom. The summed E-state index contributed by atoms with van der Waals surface area (Å²) >= 11 is 4.78. The van der Waals surface area contributed by atoms with Crippen LogP contribution in [0, 0.1) is 0 Å². The van der Waals surface area contributed by atoms with E-state index in [2.05, 4.69) is 28.2 Å². The van der Waals surface area contributed by atoms with Crippen molar-refractivity contribution in [1.82, 2.24) is 5.32 Å². The predicted octanol–water partition coefficient (Wildman–Crippen LogP) is 2.76. The summed E-state index contributed by atoms with van der Waals surface area (Å²) in [6.07, 6.45) is 3.16. The quantitative estimate of drug-likeness (QED) is 0.849. The van der Waals surface area contributed by atoms with Crippen LogP contribution in [-0.2, 0) is 0 Å². The first-order chi connectivity index (χ1) is 7.69. The van der Waals surface area contributed by atoms with E-state index in [1.54, 1.807) is 0 Å². The van der Waals surface area contributed by atoms with Crippen molar-refractivity contribution >= 4 is 33.2 Å². The van der Waals surface area contributed by atoms with Gasteiger partial charge in [0.15, 0.2) is 0 Å². The molecule has 0 bridgehead atoms. The van der Waals surface area contributed by atoms with Crippen LogP contribution in [0.3, 0.4) is 0 Å². The van der Waals surface area contributed by atoms with E-state index in [0.29, 0.717) is 6.54 Å². The number of nitrogens with two attached hydrogens (primary N) is 1. The minimum Gasteiger partial charge on any atom is -0.347 e. The molecule has 1 rings (SSSR count). The molecule has 1 aromatic rings. The molecule has 0 saturated carbocycles. The second kappa shape index (κ2) is 7.04. The van der Waals surface area contributed by atoms with Gasteiger partial charge in [-0.05, 0) is 33.8 Å². The maximum atomic E-state index is 11.9. The third-order valence-electron chi connectivity index (χ3n) is 2.35. The zero-order chi connectivity index (χ0) is 12.0. The summed E-state index contributed by atoms with van der Waals surface area (Å²) in [4.78, 5) is 12.6. The molecule has 0 aromatic carbocycles. The molecule has 0 radical (unpaired) electrons. The highest BCUT2D eigenvalue weighted by Crippen LogP contribution is 2.22. The standard InChI is InChI=1S/C11H17BrN2OS/c1-2-3-4-8(7-13)14-11(15)10-9(12)5-6-16-10/h5-6,8H,2-4,7,13H2,1H3,(H,14,15). The first-order valence-corrected chi connectivity index (χ1v) is 7.10. The number of amides is 1. The average molecular weight is 305 g/mol. The molecule has 90 valence electrons. The van der Waals surface area contributed by atoms with Gasteiger partial charge in [-0.15, -0.1) is 11.3 Å². The van der Waals surface area contributed by atoms with Crippen LogP contribution < -0.4 is 11.1 Å². The maximum absolute atomic E-state index is 11.9. The largest absolute Gasteiger partial charge is 0.347 e. The molecule has 0 aliphatic carbocycles. The van der Waals surface area contributed by atoms with Crippen LogP contribution in [0.15, 0.2) is 15.9 Å². The minimum atomic E-state index is -0.0339. The lowest BCUT2D eigenvalue weighted by atomic mass is 10.1. The highest BCUT2D eigenvalue weighted by molar-refractivity contribution is 9.10. The Kier molecular flexibility index (Phi) is 6.01. The third-order valence-corrected chi connectivity index (χ3v) is 4.19. The molecule has 3 nitrogen and oxygen atoms in total. The Bertz CT molecular complexity index is 340. The Morgan fingerprint density at radius 1 is 1.69 bits per heavy atom. The van der Waals surface area contributed by atoms with Crippen molar-refractivity contribution in [2.75, 3.05) is 6.54 Å². The molecule has 1 unspecified atom stereocenters. The molecule has 1 amide bonds. The molecule has 1 heterocycles. The van der Waals surface area contributed by atoms with Gasteiger partial charge in [-0.2, -0.15) is 0 Å². The van der Waals surface area contributed by atoms with Crippen molar-refractivity contribution in [3.05, 3.63) is 20.8 Å². The topological polar surface area (TPSA) is 55.1 Å². The van der Waals surface area contributed by atoms with E-state index < -0.39 is 0 Å². The van der Waals surface area contributed by atoms with E-state index in [-0.39, 0.29) is 11.9 Å². The van der Waals surface area contributed by atoms with Crippen molar-refractivity contribution in [2.45, 2.75) is 32.2 Å². The van der Waals surface area contributed by atoms with Gasteiger partial charge in [0.2, 0.25) is 0 Å². The number of hydrogen-bond acceptors (Lipinski definition) is 3. The fourth-order valence-corrected chi connectivity index (χ4v) is 2.86. The van der Waals surface area contributed by atoms with Crippen molar-refractivity contribution in [1.29, 1.82) is 0 Å². The van der Waals surface area contributed by atoms with Crippen LogP contribution in [0.4, 0.5) is 0 Å². The van der Waals surface area contributed by atoms with Gasteiger partial charge in [0.1, 0.15) is 4.88 Å². The summed E-state index contributed by atoms with van der Waals surface area (Å²) in [6, 6.07) is 1.96. The van der Waals surface area contributed by atoms with E-state index in [1.165, 1.54) is 11.3 Å². The summed E-state index contributed by atoms with van der Waals surface area (Å²) in [5, 5.41) is 4.85. The zero-order valence-corrected chi connectivity index (χ0v) is 11.7. The summed E-state index contributed by atoms with van der Waals surface area (Å²) in [6.45, 7) is 2.62. The van der Waals surface area contributed by atoms with Crippen LogP contribution >= 0.6 is 27.3 Å².